The van der Waals surface area contributed by atoms with E-state index in [1.54, 1.807) is 6.20 Å². The quantitative estimate of drug-likeness (QED) is 0.392. The van der Waals surface area contributed by atoms with Gasteiger partial charge in [0, 0.05) is 5.57 Å². The maximum Gasteiger partial charge on any atom is 0.379 e. The van der Waals surface area contributed by atoms with Crippen LogP contribution in [0.5, 0.6) is 5.75 Å². The van der Waals surface area contributed by atoms with Gasteiger partial charge in [-0.2, -0.15) is 28.6 Å². The second-order valence-electron chi connectivity index (χ2n) is 7.89. The van der Waals surface area contributed by atoms with E-state index in [2.05, 4.69) is 32.3 Å². The molecule has 202 valence electrons. The number of nitrogens with one attached hydrogen (secondary N) is 1. The Balaban J connectivity index is 0.000000234. The number of aromatic nitrogens is 3. The molecule has 0 saturated carbocycles. The number of allylic oxidation sites excluding steroid dienone is 2. The summed E-state index contributed by atoms with van der Waals surface area (Å²) in [6.07, 6.45) is 3.81. The predicted octanol–water partition coefficient (Wildman–Crippen LogP) is 4.31. The van der Waals surface area contributed by atoms with Crippen molar-refractivity contribution in [1.29, 1.82) is 0 Å². The molecule has 1 aliphatic rings. The van der Waals surface area contributed by atoms with Crippen molar-refractivity contribution in [2.24, 2.45) is 5.41 Å². The van der Waals surface area contributed by atoms with Crippen LogP contribution in [0, 0.1) is 5.41 Å². The molecule has 0 bridgehead atoms. The Morgan fingerprint density at radius 2 is 1.74 bits per heavy atom. The Hall–Kier alpha value is -4.68. The largest absolute Gasteiger partial charge is 0.487 e. The van der Waals surface area contributed by atoms with Crippen LogP contribution in [0.4, 0.5) is 13.2 Å². The first-order valence-corrected chi connectivity index (χ1v) is 10.8. The highest BCUT2D eigenvalue weighted by Crippen LogP contribution is 2.38. The SMILES string of the molecule is COC(=O)C1=CC=C(C(=O)O)CC1(C)C(=O)O.FC(F)F.c1ccc2cc(OCc3cn[nH]n3)ccc2c1. The van der Waals surface area contributed by atoms with E-state index in [4.69, 9.17) is 14.9 Å². The summed E-state index contributed by atoms with van der Waals surface area (Å²) in [6.45, 7) is -1.94. The van der Waals surface area contributed by atoms with Gasteiger partial charge in [-0.1, -0.05) is 42.5 Å². The molecule has 13 heteroatoms. The number of halogens is 3. The number of carbonyl (C=O) groups excluding carboxylic acids is 1. The van der Waals surface area contributed by atoms with E-state index in [9.17, 15) is 27.6 Å². The minimum atomic E-state index is -3.67. The van der Waals surface area contributed by atoms with Crippen LogP contribution >= 0.6 is 0 Å². The third kappa shape index (κ3) is 8.18. The summed E-state index contributed by atoms with van der Waals surface area (Å²) in [5, 5.41) is 30.6. The van der Waals surface area contributed by atoms with E-state index >= 15 is 0 Å². The van der Waals surface area contributed by atoms with Gasteiger partial charge < -0.3 is 19.7 Å². The molecule has 0 fully saturated rings. The molecule has 38 heavy (non-hydrogen) atoms. The van der Waals surface area contributed by atoms with E-state index in [1.807, 2.05) is 30.3 Å². The van der Waals surface area contributed by atoms with Crippen molar-refractivity contribution in [3.8, 4) is 5.75 Å². The average molecular weight is 535 g/mol. The zero-order valence-corrected chi connectivity index (χ0v) is 20.2. The first-order chi connectivity index (χ1) is 18.0. The highest BCUT2D eigenvalue weighted by Gasteiger charge is 2.44. The molecule has 1 unspecified atom stereocenters. The van der Waals surface area contributed by atoms with Crippen molar-refractivity contribution in [1.82, 2.24) is 15.4 Å². The number of hydrogen-bond acceptors (Lipinski definition) is 7. The van der Waals surface area contributed by atoms with Crippen LogP contribution in [-0.4, -0.2) is 57.3 Å². The summed E-state index contributed by atoms with van der Waals surface area (Å²) < 4.78 is 39.1. The number of hydrogen-bond donors (Lipinski definition) is 3. The molecule has 1 aliphatic carbocycles. The van der Waals surface area contributed by atoms with E-state index in [-0.39, 0.29) is 17.6 Å². The number of rotatable bonds is 6. The van der Waals surface area contributed by atoms with Crippen LogP contribution < -0.4 is 4.74 Å². The molecule has 1 atom stereocenters. The Bertz CT molecular complexity index is 1320. The van der Waals surface area contributed by atoms with Gasteiger partial charge in [-0.3, -0.25) is 4.79 Å². The number of carboxylic acids is 2. The first kappa shape index (κ1) is 29.5. The molecule has 0 amide bonds. The van der Waals surface area contributed by atoms with Gasteiger partial charge in [0.25, 0.3) is 0 Å². The van der Waals surface area contributed by atoms with Crippen LogP contribution in [0.3, 0.4) is 0 Å². The number of alkyl halides is 3. The predicted molar refractivity (Wildman–Crippen MR) is 128 cm³/mol. The maximum absolute atomic E-state index is 11.4. The Labute approximate surface area is 214 Å². The highest BCUT2D eigenvalue weighted by molar-refractivity contribution is 6.00. The molecule has 0 saturated heterocycles. The summed E-state index contributed by atoms with van der Waals surface area (Å²) in [5.41, 5.74) is -0.895. The smallest absolute Gasteiger partial charge is 0.379 e. The zero-order valence-electron chi connectivity index (χ0n) is 20.2. The van der Waals surface area contributed by atoms with Crippen LogP contribution in [0.1, 0.15) is 19.0 Å². The van der Waals surface area contributed by atoms with Crippen molar-refractivity contribution in [2.75, 3.05) is 7.11 Å². The molecule has 1 heterocycles. The maximum atomic E-state index is 11.4. The second kappa shape index (κ2) is 13.6. The molecule has 0 spiro atoms. The summed E-state index contributed by atoms with van der Waals surface area (Å²) >= 11 is 0. The topological polar surface area (TPSA) is 152 Å². The number of benzene rings is 2. The van der Waals surface area contributed by atoms with Gasteiger partial charge in [0.2, 0.25) is 0 Å². The fourth-order valence-corrected chi connectivity index (χ4v) is 3.35. The molecule has 4 rings (SSSR count). The highest BCUT2D eigenvalue weighted by atomic mass is 19.4. The third-order valence-electron chi connectivity index (χ3n) is 5.31. The van der Waals surface area contributed by atoms with Gasteiger partial charge >= 0.3 is 24.6 Å². The Morgan fingerprint density at radius 1 is 1.08 bits per heavy atom. The van der Waals surface area contributed by atoms with Gasteiger partial charge in [0.15, 0.2) is 0 Å². The minimum absolute atomic E-state index is 0.0532. The Kier molecular flexibility index (Phi) is 10.6. The molecule has 1 aromatic heterocycles. The number of H-pyrrole nitrogens is 1. The van der Waals surface area contributed by atoms with Gasteiger partial charge in [-0.05, 0) is 36.2 Å². The van der Waals surface area contributed by atoms with Crippen LogP contribution in [-0.2, 0) is 25.7 Å². The van der Waals surface area contributed by atoms with Crippen molar-refractivity contribution in [2.45, 2.75) is 26.6 Å². The van der Waals surface area contributed by atoms with Gasteiger partial charge in [-0.25, -0.2) is 9.59 Å². The van der Waals surface area contributed by atoms with E-state index < -0.39 is 30.0 Å². The molecule has 3 aromatic rings. The van der Waals surface area contributed by atoms with Crippen molar-refractivity contribution < 1.29 is 47.2 Å². The standard InChI is InChI=1S/C13H11N3O.C11H12O6.CHF3/c1-2-4-11-7-13(6-5-10(11)3-1)17-9-12-8-14-16-15-12;1-11(10(15)16)5-6(8(12)13)3-4-7(11)9(14)17-2;2-1(3)4/h1-8H,9H2,(H,14,15,16);3-4H,5H2,1-2H3,(H,12,13)(H,15,16);1H. The lowest BCUT2D eigenvalue weighted by atomic mass is 9.73. The number of carboxylic acid groups (broad SMARTS) is 2. The van der Waals surface area contributed by atoms with Crippen LogP contribution in [0.25, 0.3) is 10.8 Å². The molecule has 0 radical (unpaired) electrons. The fourth-order valence-electron chi connectivity index (χ4n) is 3.35. The van der Waals surface area contributed by atoms with Crippen molar-refractivity contribution >= 4 is 28.7 Å². The van der Waals surface area contributed by atoms with Gasteiger partial charge in [-0.15, -0.1) is 0 Å². The number of esters is 1. The molecule has 2 aromatic carbocycles. The monoisotopic (exact) mass is 535 g/mol. The lowest BCUT2D eigenvalue weighted by Gasteiger charge is -2.28. The van der Waals surface area contributed by atoms with Gasteiger partial charge in [0.1, 0.15) is 23.5 Å². The van der Waals surface area contributed by atoms with Crippen LogP contribution in [0.2, 0.25) is 0 Å². The summed E-state index contributed by atoms with van der Waals surface area (Å²) in [7, 11) is 1.14. The average Bonchev–Trinajstić information content (AvgIpc) is 3.40. The van der Waals surface area contributed by atoms with E-state index in [0.29, 0.717) is 6.61 Å². The number of nitrogens with zero attached hydrogens (tertiary/aromatic N) is 2. The normalized spacial score (nSPS) is 16.2. The molecule has 3 N–H and O–H groups in total. The lowest BCUT2D eigenvalue weighted by Crippen LogP contribution is -2.36. The zero-order chi connectivity index (χ0) is 28.3. The minimum Gasteiger partial charge on any atom is -0.487 e. The third-order valence-corrected chi connectivity index (χ3v) is 5.31. The number of methoxy groups -OCH3 is 1. The number of aliphatic carboxylic acids is 2. The number of aromatic amines is 1. The number of fused-ring (bicyclic) bond motifs is 1. The molecular weight excluding hydrogens is 511 g/mol. The summed E-state index contributed by atoms with van der Waals surface area (Å²) in [5.74, 6) is -2.39. The number of ether oxygens (including phenoxy) is 2. The molecule has 0 aliphatic heterocycles. The van der Waals surface area contributed by atoms with E-state index in [1.165, 1.54) is 29.8 Å². The van der Waals surface area contributed by atoms with Crippen molar-refractivity contribution in [3.63, 3.8) is 0 Å². The Morgan fingerprint density at radius 3 is 2.29 bits per heavy atom. The molecule has 10 nitrogen and oxygen atoms in total. The fraction of sp³-hybridized carbons (Fsp3) is 0.240. The van der Waals surface area contributed by atoms with E-state index in [0.717, 1.165) is 18.6 Å². The van der Waals surface area contributed by atoms with Gasteiger partial charge in [0.05, 0.1) is 18.9 Å². The van der Waals surface area contributed by atoms with Crippen molar-refractivity contribution in [3.05, 3.63) is 77.7 Å². The summed E-state index contributed by atoms with van der Waals surface area (Å²) in [4.78, 5) is 33.4. The second-order valence-corrected chi connectivity index (χ2v) is 7.89. The van der Waals surface area contributed by atoms with Crippen LogP contribution in [0.15, 0.2) is 72.0 Å². The lowest BCUT2D eigenvalue weighted by molar-refractivity contribution is -0.150. The first-order valence-electron chi connectivity index (χ1n) is 10.8. The molecular formula is C25H24F3N3O7. The number of carbonyl (C=O) groups is 3. The summed E-state index contributed by atoms with van der Waals surface area (Å²) in [6, 6.07) is 14.2.